The van der Waals surface area contributed by atoms with Crippen LogP contribution in [0.4, 0.5) is 0 Å². The first kappa shape index (κ1) is 9.90. The number of carbonyl (C=O) groups excluding carboxylic acids is 1. The fourth-order valence-corrected chi connectivity index (χ4v) is 2.04. The van der Waals surface area contributed by atoms with Gasteiger partial charge < -0.3 is 5.11 Å². The van der Waals surface area contributed by atoms with Crippen LogP contribution in [0.1, 0.15) is 24.0 Å². The number of ketones is 1. The summed E-state index contributed by atoms with van der Waals surface area (Å²) in [5.74, 6) is -0.869. The summed E-state index contributed by atoms with van der Waals surface area (Å²) in [5.41, 5.74) is 0.811. The summed E-state index contributed by atoms with van der Waals surface area (Å²) >= 11 is 0. The molecule has 3 heteroatoms. The van der Waals surface area contributed by atoms with Crippen LogP contribution in [0.2, 0.25) is 0 Å². The van der Waals surface area contributed by atoms with Gasteiger partial charge in [0.05, 0.1) is 0 Å². The molecule has 0 atom stereocenters. The molecule has 1 aliphatic carbocycles. The minimum absolute atomic E-state index is 0.0268. The van der Waals surface area contributed by atoms with Gasteiger partial charge in [-0.15, -0.1) is 0 Å². The lowest BCUT2D eigenvalue weighted by Gasteiger charge is -2.36. The van der Waals surface area contributed by atoms with E-state index in [-0.39, 0.29) is 18.6 Å². The molecule has 0 radical (unpaired) electrons. The van der Waals surface area contributed by atoms with Crippen LogP contribution in [0.3, 0.4) is 0 Å². The standard InChI is InChI=1S/C12H12O3/c1-8-3-2-4-9(5-8)12(11(14)15)6-10(13)7-12/h2-5H,6-7H2,1H3,(H,14,15). The molecule has 0 spiro atoms. The molecule has 78 valence electrons. The maximum absolute atomic E-state index is 11.2. The molecule has 0 amide bonds. The quantitative estimate of drug-likeness (QED) is 0.797. The summed E-state index contributed by atoms with van der Waals surface area (Å²) in [6.07, 6.45) is 0.261. The largest absolute Gasteiger partial charge is 0.481 e. The van der Waals surface area contributed by atoms with Crippen LogP contribution in [-0.2, 0) is 15.0 Å². The Hall–Kier alpha value is -1.64. The summed E-state index contributed by atoms with van der Waals surface area (Å²) in [6, 6.07) is 7.38. The van der Waals surface area contributed by atoms with Gasteiger partial charge in [0.1, 0.15) is 11.2 Å². The average Bonchev–Trinajstić information content (AvgIpc) is 2.12. The SMILES string of the molecule is Cc1cccc(C2(C(=O)O)CC(=O)C2)c1. The van der Waals surface area contributed by atoms with E-state index in [1.165, 1.54) is 0 Å². The maximum Gasteiger partial charge on any atom is 0.315 e. The van der Waals surface area contributed by atoms with Crippen LogP contribution in [0.25, 0.3) is 0 Å². The zero-order valence-corrected chi connectivity index (χ0v) is 8.49. The zero-order chi connectivity index (χ0) is 11.1. The third kappa shape index (κ3) is 1.44. The lowest BCUT2D eigenvalue weighted by Crippen LogP contribution is -2.48. The summed E-state index contributed by atoms with van der Waals surface area (Å²) in [5, 5.41) is 9.19. The Kier molecular flexibility index (Phi) is 2.11. The average molecular weight is 204 g/mol. The number of hydrogen-bond donors (Lipinski definition) is 1. The molecule has 1 aromatic rings. The van der Waals surface area contributed by atoms with Gasteiger partial charge in [0.25, 0.3) is 0 Å². The Labute approximate surface area is 87.7 Å². The van der Waals surface area contributed by atoms with Crippen LogP contribution in [-0.4, -0.2) is 16.9 Å². The number of carboxylic acids is 1. The van der Waals surface area contributed by atoms with E-state index >= 15 is 0 Å². The number of hydrogen-bond acceptors (Lipinski definition) is 2. The second-order valence-corrected chi connectivity index (χ2v) is 4.15. The van der Waals surface area contributed by atoms with Crippen LogP contribution in [0.15, 0.2) is 24.3 Å². The van der Waals surface area contributed by atoms with Gasteiger partial charge in [0, 0.05) is 12.8 Å². The molecular weight excluding hydrogens is 192 g/mol. The van der Waals surface area contributed by atoms with Gasteiger partial charge in [-0.3, -0.25) is 9.59 Å². The minimum Gasteiger partial charge on any atom is -0.481 e. The first-order valence-corrected chi connectivity index (χ1v) is 4.87. The van der Waals surface area contributed by atoms with Crippen molar-refractivity contribution in [1.29, 1.82) is 0 Å². The van der Waals surface area contributed by atoms with Crippen LogP contribution in [0.5, 0.6) is 0 Å². The number of aliphatic carboxylic acids is 1. The van der Waals surface area contributed by atoms with E-state index in [2.05, 4.69) is 0 Å². The van der Waals surface area contributed by atoms with E-state index in [9.17, 15) is 14.7 Å². The van der Waals surface area contributed by atoms with Crippen molar-refractivity contribution >= 4 is 11.8 Å². The summed E-state index contributed by atoms with van der Waals surface area (Å²) in [4.78, 5) is 22.2. The van der Waals surface area contributed by atoms with Crippen molar-refractivity contribution in [3.05, 3.63) is 35.4 Å². The molecule has 0 aliphatic heterocycles. The molecule has 0 unspecified atom stereocenters. The first-order valence-electron chi connectivity index (χ1n) is 4.87. The van der Waals surface area contributed by atoms with Crippen molar-refractivity contribution < 1.29 is 14.7 Å². The highest BCUT2D eigenvalue weighted by Gasteiger charge is 2.51. The van der Waals surface area contributed by atoms with Crippen molar-refractivity contribution in [1.82, 2.24) is 0 Å². The molecular formula is C12H12O3. The van der Waals surface area contributed by atoms with Gasteiger partial charge >= 0.3 is 5.97 Å². The van der Waals surface area contributed by atoms with Crippen molar-refractivity contribution in [3.63, 3.8) is 0 Å². The lowest BCUT2D eigenvalue weighted by atomic mass is 9.63. The Morgan fingerprint density at radius 1 is 1.40 bits per heavy atom. The zero-order valence-electron chi connectivity index (χ0n) is 8.49. The molecule has 0 bridgehead atoms. The number of carbonyl (C=O) groups is 2. The monoisotopic (exact) mass is 204 g/mol. The summed E-state index contributed by atoms with van der Waals surface area (Å²) in [7, 11) is 0. The second-order valence-electron chi connectivity index (χ2n) is 4.15. The van der Waals surface area contributed by atoms with Crippen molar-refractivity contribution in [2.45, 2.75) is 25.2 Å². The maximum atomic E-state index is 11.2. The highest BCUT2D eigenvalue weighted by Crippen LogP contribution is 2.41. The van der Waals surface area contributed by atoms with Crippen molar-refractivity contribution in [2.75, 3.05) is 0 Å². The van der Waals surface area contributed by atoms with Crippen molar-refractivity contribution in [3.8, 4) is 0 Å². The van der Waals surface area contributed by atoms with E-state index in [1.54, 1.807) is 6.07 Å². The van der Waals surface area contributed by atoms with Gasteiger partial charge in [-0.25, -0.2) is 0 Å². The molecule has 1 N–H and O–H groups in total. The minimum atomic E-state index is -0.955. The molecule has 15 heavy (non-hydrogen) atoms. The molecule has 0 saturated heterocycles. The Bertz CT molecular complexity index is 426. The van der Waals surface area contributed by atoms with Crippen LogP contribution >= 0.6 is 0 Å². The second kappa shape index (κ2) is 3.19. The smallest absolute Gasteiger partial charge is 0.315 e. The fourth-order valence-electron chi connectivity index (χ4n) is 2.04. The fraction of sp³-hybridized carbons (Fsp3) is 0.333. The Morgan fingerprint density at radius 3 is 2.53 bits per heavy atom. The van der Waals surface area contributed by atoms with E-state index in [1.807, 2.05) is 25.1 Å². The predicted octanol–water partition coefficient (Wildman–Crippen LogP) is 1.68. The normalized spacial score (nSPS) is 18.3. The lowest BCUT2D eigenvalue weighted by molar-refractivity contribution is -0.153. The first-order chi connectivity index (χ1) is 7.04. The Morgan fingerprint density at radius 2 is 2.07 bits per heavy atom. The number of rotatable bonds is 2. The van der Waals surface area contributed by atoms with E-state index in [0.29, 0.717) is 0 Å². The molecule has 1 fully saturated rings. The van der Waals surface area contributed by atoms with Crippen molar-refractivity contribution in [2.24, 2.45) is 0 Å². The molecule has 1 saturated carbocycles. The topological polar surface area (TPSA) is 54.4 Å². The van der Waals surface area contributed by atoms with Gasteiger partial charge in [-0.2, -0.15) is 0 Å². The summed E-state index contributed by atoms with van der Waals surface area (Å²) < 4.78 is 0. The Balaban J connectivity index is 2.43. The predicted molar refractivity (Wildman–Crippen MR) is 54.7 cm³/mol. The van der Waals surface area contributed by atoms with Gasteiger partial charge in [0.2, 0.25) is 0 Å². The number of carboxylic acid groups (broad SMARTS) is 1. The van der Waals surface area contributed by atoms with Gasteiger partial charge in [0.15, 0.2) is 0 Å². The molecule has 3 nitrogen and oxygen atoms in total. The van der Waals surface area contributed by atoms with E-state index < -0.39 is 11.4 Å². The van der Waals surface area contributed by atoms with Crippen LogP contribution < -0.4 is 0 Å². The van der Waals surface area contributed by atoms with Gasteiger partial charge in [-0.1, -0.05) is 29.8 Å². The third-order valence-electron chi connectivity index (χ3n) is 2.98. The highest BCUT2D eigenvalue weighted by atomic mass is 16.4. The highest BCUT2D eigenvalue weighted by molar-refractivity contribution is 6.01. The number of Topliss-reactive ketones (excluding diaryl/α,β-unsaturated/α-hetero) is 1. The van der Waals surface area contributed by atoms with E-state index in [4.69, 9.17) is 0 Å². The molecule has 0 heterocycles. The number of benzene rings is 1. The van der Waals surface area contributed by atoms with E-state index in [0.717, 1.165) is 11.1 Å². The van der Waals surface area contributed by atoms with Crippen LogP contribution in [0, 0.1) is 6.92 Å². The van der Waals surface area contributed by atoms with Gasteiger partial charge in [-0.05, 0) is 12.5 Å². The molecule has 1 aliphatic rings. The summed E-state index contributed by atoms with van der Waals surface area (Å²) in [6.45, 7) is 1.92. The molecule has 0 aromatic heterocycles. The molecule has 2 rings (SSSR count). The molecule has 1 aromatic carbocycles. The third-order valence-corrected chi connectivity index (χ3v) is 2.98. The number of aryl methyl sites for hydroxylation is 1.